The lowest BCUT2D eigenvalue weighted by atomic mass is 9.93. The van der Waals surface area contributed by atoms with Gasteiger partial charge in [-0.2, -0.15) is 0 Å². The average Bonchev–Trinajstić information content (AvgIpc) is 0.965. The summed E-state index contributed by atoms with van der Waals surface area (Å²) in [6.07, 6.45) is 14.1. The summed E-state index contributed by atoms with van der Waals surface area (Å²) in [4.78, 5) is 147. The van der Waals surface area contributed by atoms with Crippen LogP contribution in [0.2, 0.25) is 0 Å². The van der Waals surface area contributed by atoms with Crippen LogP contribution in [0.25, 0.3) is 0 Å². The van der Waals surface area contributed by atoms with E-state index in [9.17, 15) is 57.5 Å². The van der Waals surface area contributed by atoms with E-state index in [2.05, 4.69) is 63.8 Å². The molecule has 0 rings (SSSR count). The molecule has 0 aromatic heterocycles. The van der Waals surface area contributed by atoms with E-state index in [0.717, 1.165) is 116 Å². The van der Waals surface area contributed by atoms with Crippen LogP contribution < -0.4 is 69.5 Å². The minimum absolute atomic E-state index is 0.0242. The summed E-state index contributed by atoms with van der Waals surface area (Å²) in [6.45, 7) is 12.6. The highest BCUT2D eigenvalue weighted by molar-refractivity contribution is 5.90. The molecule has 0 fully saturated rings. The fourth-order valence-electron chi connectivity index (χ4n) is 11.0. The molecule has 0 aromatic rings. The van der Waals surface area contributed by atoms with Gasteiger partial charge in [0.2, 0.25) is 41.4 Å². The fourth-order valence-corrected chi connectivity index (χ4v) is 11.0. The Morgan fingerprint density at radius 3 is 0.759 bits per heavy atom. The Bertz CT molecular complexity index is 2230. The van der Waals surface area contributed by atoms with Crippen LogP contribution in [-0.2, 0) is 95.4 Å². The first kappa shape index (κ1) is 104. The summed E-state index contributed by atoms with van der Waals surface area (Å²) in [5.41, 5.74) is 5.45. The van der Waals surface area contributed by atoms with Crippen LogP contribution in [0.5, 0.6) is 0 Å². The minimum atomic E-state index is -0.592. The zero-order valence-electron chi connectivity index (χ0n) is 67.1. The van der Waals surface area contributed by atoms with Gasteiger partial charge in [-0.05, 0) is 178 Å². The van der Waals surface area contributed by atoms with Crippen molar-refractivity contribution in [3.8, 4) is 0 Å². The van der Waals surface area contributed by atoms with E-state index in [4.69, 9.17) is 43.6 Å². The van der Waals surface area contributed by atoms with Gasteiger partial charge in [0.05, 0.1) is 79.3 Å². The third-order valence-electron chi connectivity index (χ3n) is 17.0. The highest BCUT2D eigenvalue weighted by Gasteiger charge is 2.26. The summed E-state index contributed by atoms with van der Waals surface area (Å²) in [5, 5.41) is 35.0. The third-order valence-corrected chi connectivity index (χ3v) is 17.0. The number of carbonyl (C=O) groups excluding carboxylic acids is 12. The van der Waals surface area contributed by atoms with E-state index < -0.39 is 35.7 Å². The number of unbranched alkanes of at least 4 members (excludes halogenated alkanes) is 6. The molecule has 33 heteroatoms. The SMILES string of the molecule is CNCCCC[C@@H](CC(=O)COCCOCCNC(=O)[C@@H](CCCCNC)CC(=O)COCCOCCNC(=O)[C@@H](CCCCNC)NC(C)=O)C(C)=O.CNCCCC[C@@H](CC(=O)COCCOCCNC(=O)[C@@H](CCCCNC)CC(=O)COCCOCCNC(=O)[C@@H](CCCCNC)NC(C)=O)C(N)=O. The lowest BCUT2D eigenvalue weighted by molar-refractivity contribution is -0.132. The molecule has 0 saturated heterocycles. The highest BCUT2D eigenvalue weighted by atomic mass is 16.5. The maximum atomic E-state index is 12.9. The van der Waals surface area contributed by atoms with Gasteiger partial charge in [0.15, 0.2) is 23.1 Å². The largest absolute Gasteiger partial charge is 0.377 e. The topological polar surface area (TPSA) is 449 Å². The van der Waals surface area contributed by atoms with E-state index in [0.29, 0.717) is 38.5 Å². The lowest BCUT2D eigenvalue weighted by Gasteiger charge is -2.17. The van der Waals surface area contributed by atoms with Gasteiger partial charge >= 0.3 is 0 Å². The predicted octanol–water partition coefficient (Wildman–Crippen LogP) is 0.294. The molecule has 628 valence electrons. The van der Waals surface area contributed by atoms with Crippen LogP contribution in [0.4, 0.5) is 0 Å². The van der Waals surface area contributed by atoms with Crippen molar-refractivity contribution < 1.29 is 95.4 Å². The Kier molecular flexibility index (Phi) is 72.4. The molecule has 7 amide bonds. The van der Waals surface area contributed by atoms with Crippen molar-refractivity contribution in [3.63, 3.8) is 0 Å². The Morgan fingerprint density at radius 1 is 0.269 bits per heavy atom. The van der Waals surface area contributed by atoms with Crippen molar-refractivity contribution in [1.82, 2.24) is 63.8 Å². The maximum absolute atomic E-state index is 12.9. The van der Waals surface area contributed by atoms with E-state index in [1.165, 1.54) is 20.8 Å². The number of ketones is 5. The van der Waals surface area contributed by atoms with Crippen LogP contribution in [0.1, 0.15) is 162 Å². The summed E-state index contributed by atoms with van der Waals surface area (Å²) in [5.74, 6) is -4.33. The Morgan fingerprint density at radius 2 is 0.500 bits per heavy atom. The molecule has 6 atom stereocenters. The Labute approximate surface area is 644 Å². The van der Waals surface area contributed by atoms with E-state index >= 15 is 0 Å². The molecule has 0 aliphatic carbocycles. The number of rotatable bonds is 78. The van der Waals surface area contributed by atoms with Crippen molar-refractivity contribution in [1.29, 1.82) is 0 Å². The third kappa shape index (κ3) is 65.9. The number of ether oxygens (including phenoxy) is 8. The van der Waals surface area contributed by atoms with Crippen LogP contribution in [0, 0.1) is 23.7 Å². The van der Waals surface area contributed by atoms with Crippen molar-refractivity contribution >= 4 is 70.3 Å². The normalized spacial score (nSPS) is 12.8. The van der Waals surface area contributed by atoms with Gasteiger partial charge in [-0.1, -0.05) is 25.7 Å². The maximum Gasteiger partial charge on any atom is 0.242 e. The van der Waals surface area contributed by atoms with Crippen LogP contribution >= 0.6 is 0 Å². The first-order chi connectivity index (χ1) is 52.1. The number of Topliss-reactive ketones (excluding diaryl/α,β-unsaturated/α-hetero) is 5. The van der Waals surface area contributed by atoms with Gasteiger partial charge in [0.25, 0.3) is 0 Å². The standard InChI is InChI=1S/C38H72N6O10.C37H71N7O10/c1-30(45)32(12-6-9-15-39-3)26-34(47)28-53-24-22-51-20-18-42-37(49)33(13-7-10-16-40-4)27-35(48)29-54-25-23-52-21-19-43-38(50)36(44-31(2)46)14-8-11-17-41-5;1-29(45)44-34(13-7-10-16-41-4)37(50)43-18-20-52-22-24-54-28-33(47)26-31(12-6-9-15-40-3)36(49)42-17-19-51-21-23-53-27-32(46)25-30(35(38)48)11-5-8-14-39-2/h32-33,36,39-41H,6-29H2,1-5H3,(H,42,49)(H,43,50)(H,44,46);30-31,34,39-41H,5-28H2,1-4H3,(H2,38,48)(H,42,49)(H,43,50)(H,44,45)/t32-,33-,36+;30-,31-,34+/m00/s1. The van der Waals surface area contributed by atoms with Crippen molar-refractivity contribution in [2.75, 3.05) is 213 Å². The van der Waals surface area contributed by atoms with E-state index in [-0.39, 0.29) is 228 Å². The molecule has 0 spiro atoms. The molecular formula is C75H143N13O20. The lowest BCUT2D eigenvalue weighted by Crippen LogP contribution is -2.46. The average molecular weight is 1550 g/mol. The molecule has 0 aliphatic rings. The quantitative estimate of drug-likeness (QED) is 0.0364. The highest BCUT2D eigenvalue weighted by Crippen LogP contribution is 2.18. The number of primary amides is 1. The molecule has 0 radical (unpaired) electrons. The second kappa shape index (κ2) is 75.1. The predicted molar refractivity (Wildman–Crippen MR) is 413 cm³/mol. The smallest absolute Gasteiger partial charge is 0.242 e. The van der Waals surface area contributed by atoms with Crippen molar-refractivity contribution in [2.24, 2.45) is 29.4 Å². The minimum Gasteiger partial charge on any atom is -0.377 e. The number of nitrogens with one attached hydrogen (secondary N) is 12. The number of amides is 7. The van der Waals surface area contributed by atoms with Gasteiger partial charge in [-0.15, -0.1) is 0 Å². The fraction of sp³-hybridized carbons (Fsp3) is 0.840. The Balaban J connectivity index is 0. The molecule has 0 aromatic carbocycles. The number of hydrogen-bond acceptors (Lipinski definition) is 26. The van der Waals surface area contributed by atoms with Crippen LogP contribution in [0.3, 0.4) is 0 Å². The van der Waals surface area contributed by atoms with Gasteiger partial charge in [-0.3, -0.25) is 57.5 Å². The molecule has 108 heavy (non-hydrogen) atoms. The van der Waals surface area contributed by atoms with Crippen LogP contribution in [0.15, 0.2) is 0 Å². The second-order valence-corrected chi connectivity index (χ2v) is 26.7. The summed E-state index contributed by atoms with van der Waals surface area (Å²) in [6, 6.07) is -1.18. The van der Waals surface area contributed by atoms with Crippen molar-refractivity contribution in [2.45, 2.75) is 174 Å². The molecule has 0 bridgehead atoms. The van der Waals surface area contributed by atoms with Gasteiger partial charge in [0, 0.05) is 89.4 Å². The first-order valence-corrected chi connectivity index (χ1v) is 39.1. The molecular weight excluding hydrogens is 1400 g/mol. The molecule has 0 saturated carbocycles. The van der Waals surface area contributed by atoms with Gasteiger partial charge in [-0.25, -0.2) is 0 Å². The first-order valence-electron chi connectivity index (χ1n) is 39.1. The molecule has 0 aliphatic heterocycles. The Hall–Kier alpha value is -5.92. The van der Waals surface area contributed by atoms with Gasteiger partial charge < -0.3 is 107 Å². The number of carbonyl (C=O) groups is 12. The van der Waals surface area contributed by atoms with E-state index in [1.807, 2.05) is 42.3 Å². The molecule has 33 nitrogen and oxygen atoms in total. The van der Waals surface area contributed by atoms with E-state index in [1.54, 1.807) is 0 Å². The molecule has 0 heterocycles. The second-order valence-electron chi connectivity index (χ2n) is 26.7. The monoisotopic (exact) mass is 1550 g/mol. The summed E-state index contributed by atoms with van der Waals surface area (Å²) >= 11 is 0. The summed E-state index contributed by atoms with van der Waals surface area (Å²) in [7, 11) is 11.2. The van der Waals surface area contributed by atoms with Crippen molar-refractivity contribution in [3.05, 3.63) is 0 Å². The number of hydrogen-bond donors (Lipinski definition) is 13. The zero-order chi connectivity index (χ0) is 80.5. The number of nitrogens with two attached hydrogens (primary N) is 1. The van der Waals surface area contributed by atoms with Gasteiger partial charge in [0.1, 0.15) is 44.3 Å². The summed E-state index contributed by atoms with van der Waals surface area (Å²) < 4.78 is 43.8. The van der Waals surface area contributed by atoms with Crippen LogP contribution in [-0.4, -0.2) is 296 Å². The zero-order valence-corrected chi connectivity index (χ0v) is 67.1. The molecule has 14 N–H and O–H groups in total. The molecule has 0 unspecified atom stereocenters.